The zero-order chi connectivity index (χ0) is 21.5. The van der Waals surface area contributed by atoms with E-state index in [9.17, 15) is 19.2 Å². The van der Waals surface area contributed by atoms with Crippen molar-refractivity contribution in [2.45, 2.75) is 26.3 Å². The van der Waals surface area contributed by atoms with E-state index < -0.39 is 23.3 Å². The third kappa shape index (κ3) is 3.49. The lowest BCUT2D eigenvalue weighted by Gasteiger charge is -2.29. The van der Waals surface area contributed by atoms with Gasteiger partial charge in [-0.1, -0.05) is 0 Å². The molecule has 9 heteroatoms. The first-order valence-electron chi connectivity index (χ1n) is 9.11. The van der Waals surface area contributed by atoms with Crippen LogP contribution in [0.5, 0.6) is 0 Å². The number of rotatable bonds is 5. The van der Waals surface area contributed by atoms with Gasteiger partial charge in [0.05, 0.1) is 37.0 Å². The van der Waals surface area contributed by atoms with Crippen molar-refractivity contribution in [1.29, 1.82) is 0 Å². The minimum atomic E-state index is -0.673. The molecule has 1 aromatic carbocycles. The first-order valence-corrected chi connectivity index (χ1v) is 9.11. The lowest BCUT2D eigenvalue weighted by molar-refractivity contribution is -0.136. The fourth-order valence-corrected chi connectivity index (χ4v) is 3.42. The number of carbonyl (C=O) groups excluding carboxylic acids is 4. The molecule has 0 aromatic heterocycles. The van der Waals surface area contributed by atoms with Crippen LogP contribution in [0.4, 0.5) is 5.69 Å². The number of anilines is 1. The van der Waals surface area contributed by atoms with Crippen LogP contribution >= 0.6 is 0 Å². The fraction of sp³-hybridized carbons (Fsp3) is 0.400. The smallest absolute Gasteiger partial charge is 0.337 e. The average molecular weight is 401 g/mol. The molecule has 3 rings (SSSR count). The van der Waals surface area contributed by atoms with Crippen molar-refractivity contribution >= 4 is 29.4 Å². The van der Waals surface area contributed by atoms with Crippen molar-refractivity contribution in [2.24, 2.45) is 0 Å². The zero-order valence-corrected chi connectivity index (χ0v) is 16.7. The van der Waals surface area contributed by atoms with Gasteiger partial charge in [-0.15, -0.1) is 0 Å². The summed E-state index contributed by atoms with van der Waals surface area (Å²) in [5, 5.41) is 12.0. The third-order valence-corrected chi connectivity index (χ3v) is 4.78. The summed E-state index contributed by atoms with van der Waals surface area (Å²) in [5.41, 5.74) is 0.384. The molecule has 0 spiro atoms. The Morgan fingerprint density at radius 2 is 1.79 bits per heavy atom. The summed E-state index contributed by atoms with van der Waals surface area (Å²) < 4.78 is 4.75. The molecular weight excluding hydrogens is 378 g/mol. The number of β-amino-alcohol motifs (C(OH)–C–C–N with tert-alkyl or cyclic N) is 1. The molecule has 154 valence electrons. The number of aliphatic hydroxyl groups excluding tert-OH is 1. The van der Waals surface area contributed by atoms with Crippen molar-refractivity contribution in [1.82, 2.24) is 9.80 Å². The first kappa shape index (κ1) is 20.5. The van der Waals surface area contributed by atoms with Crippen LogP contribution < -0.4 is 5.32 Å². The molecule has 0 unspecified atom stereocenters. The van der Waals surface area contributed by atoms with Gasteiger partial charge in [-0.05, 0) is 39.0 Å². The van der Waals surface area contributed by atoms with Gasteiger partial charge in [-0.25, -0.2) is 4.79 Å². The number of benzene rings is 1. The Balaban J connectivity index is 1.95. The highest BCUT2D eigenvalue weighted by molar-refractivity contribution is 6.22. The molecule has 0 fully saturated rings. The maximum Gasteiger partial charge on any atom is 0.337 e. The van der Waals surface area contributed by atoms with E-state index in [4.69, 9.17) is 9.84 Å². The summed E-state index contributed by atoms with van der Waals surface area (Å²) in [5.74, 6) is -1.90. The number of fused-ring (bicyclic) bond motifs is 1. The largest absolute Gasteiger partial charge is 0.466 e. The Morgan fingerprint density at radius 1 is 1.14 bits per heavy atom. The van der Waals surface area contributed by atoms with E-state index in [1.807, 2.05) is 0 Å². The number of carbonyl (C=O) groups is 4. The van der Waals surface area contributed by atoms with E-state index in [-0.39, 0.29) is 48.0 Å². The predicted octanol–water partition coefficient (Wildman–Crippen LogP) is 0.755. The number of nitrogens with one attached hydrogen (secondary N) is 1. The van der Waals surface area contributed by atoms with Gasteiger partial charge in [0, 0.05) is 17.8 Å². The van der Waals surface area contributed by atoms with Gasteiger partial charge in [0.15, 0.2) is 0 Å². The number of imide groups is 1. The molecule has 0 atom stereocenters. The van der Waals surface area contributed by atoms with E-state index in [1.165, 1.54) is 29.0 Å². The van der Waals surface area contributed by atoms with Crippen LogP contribution in [-0.4, -0.2) is 70.9 Å². The SMILES string of the molecule is COC(=O)C1=C(Nc2ccc3c(c2)C(=O)N(C(C)(C)C)C3=O)C(=O)N(CCO)C1. The molecule has 0 radical (unpaired) electrons. The summed E-state index contributed by atoms with van der Waals surface area (Å²) in [6.45, 7) is 5.15. The van der Waals surface area contributed by atoms with Gasteiger partial charge in [0.1, 0.15) is 5.70 Å². The highest BCUT2D eigenvalue weighted by Crippen LogP contribution is 2.32. The number of methoxy groups -OCH3 is 1. The normalized spacial score (nSPS) is 16.7. The first-order chi connectivity index (χ1) is 13.6. The second-order valence-electron chi connectivity index (χ2n) is 7.80. The molecule has 2 aliphatic rings. The second-order valence-corrected chi connectivity index (χ2v) is 7.80. The van der Waals surface area contributed by atoms with E-state index in [2.05, 4.69) is 5.32 Å². The van der Waals surface area contributed by atoms with E-state index in [0.29, 0.717) is 5.69 Å². The highest BCUT2D eigenvalue weighted by atomic mass is 16.5. The number of hydrogen-bond acceptors (Lipinski definition) is 7. The Bertz CT molecular complexity index is 944. The van der Waals surface area contributed by atoms with Crippen LogP contribution in [0.2, 0.25) is 0 Å². The summed E-state index contributed by atoms with van der Waals surface area (Å²) >= 11 is 0. The minimum Gasteiger partial charge on any atom is -0.466 e. The maximum atomic E-state index is 12.8. The molecule has 0 saturated carbocycles. The lowest BCUT2D eigenvalue weighted by Crippen LogP contribution is -2.45. The summed E-state index contributed by atoms with van der Waals surface area (Å²) in [7, 11) is 1.22. The minimum absolute atomic E-state index is 0.00849. The van der Waals surface area contributed by atoms with Crippen molar-refractivity contribution in [3.05, 3.63) is 40.6 Å². The molecule has 0 saturated heterocycles. The third-order valence-electron chi connectivity index (χ3n) is 4.78. The number of aliphatic hydroxyl groups is 1. The van der Waals surface area contributed by atoms with Crippen molar-refractivity contribution in [3.63, 3.8) is 0 Å². The molecule has 3 amide bonds. The topological polar surface area (TPSA) is 116 Å². The predicted molar refractivity (Wildman–Crippen MR) is 103 cm³/mol. The molecule has 2 heterocycles. The summed E-state index contributed by atoms with van der Waals surface area (Å²) in [6, 6.07) is 4.58. The van der Waals surface area contributed by atoms with Crippen molar-refractivity contribution < 1.29 is 29.0 Å². The van der Waals surface area contributed by atoms with Crippen LogP contribution in [-0.2, 0) is 14.3 Å². The Labute approximate surface area is 167 Å². The number of ether oxygens (including phenoxy) is 1. The molecular formula is C20H23N3O6. The number of hydrogen-bond donors (Lipinski definition) is 2. The van der Waals surface area contributed by atoms with Crippen LogP contribution in [0.15, 0.2) is 29.5 Å². The number of amides is 3. The molecule has 9 nitrogen and oxygen atoms in total. The average Bonchev–Trinajstić information content (AvgIpc) is 3.09. The zero-order valence-electron chi connectivity index (χ0n) is 16.7. The van der Waals surface area contributed by atoms with Gasteiger partial charge in [-0.3, -0.25) is 19.3 Å². The molecule has 0 aliphatic carbocycles. The molecule has 2 aliphatic heterocycles. The van der Waals surface area contributed by atoms with Crippen LogP contribution in [0, 0.1) is 0 Å². The molecule has 29 heavy (non-hydrogen) atoms. The van der Waals surface area contributed by atoms with Gasteiger partial charge in [-0.2, -0.15) is 0 Å². The summed E-state index contributed by atoms with van der Waals surface area (Å²) in [6.07, 6.45) is 0. The molecule has 2 N–H and O–H groups in total. The van der Waals surface area contributed by atoms with Gasteiger partial charge < -0.3 is 20.1 Å². The van der Waals surface area contributed by atoms with E-state index >= 15 is 0 Å². The molecule has 0 bridgehead atoms. The molecule has 1 aromatic rings. The van der Waals surface area contributed by atoms with Gasteiger partial charge in [0.2, 0.25) is 0 Å². The van der Waals surface area contributed by atoms with Crippen LogP contribution in [0.3, 0.4) is 0 Å². The Kier molecular flexibility index (Phi) is 5.18. The monoisotopic (exact) mass is 401 g/mol. The van der Waals surface area contributed by atoms with Crippen molar-refractivity contribution in [2.75, 3.05) is 32.1 Å². The van der Waals surface area contributed by atoms with Crippen LogP contribution in [0.25, 0.3) is 0 Å². The highest BCUT2D eigenvalue weighted by Gasteiger charge is 2.42. The lowest BCUT2D eigenvalue weighted by atomic mass is 10.1. The van der Waals surface area contributed by atoms with E-state index in [0.717, 1.165) is 0 Å². The maximum absolute atomic E-state index is 12.8. The quantitative estimate of drug-likeness (QED) is 0.553. The van der Waals surface area contributed by atoms with Crippen LogP contribution in [0.1, 0.15) is 41.5 Å². The Morgan fingerprint density at radius 3 is 2.38 bits per heavy atom. The van der Waals surface area contributed by atoms with Crippen molar-refractivity contribution in [3.8, 4) is 0 Å². The fourth-order valence-electron chi connectivity index (χ4n) is 3.42. The van der Waals surface area contributed by atoms with Gasteiger partial charge >= 0.3 is 5.97 Å². The van der Waals surface area contributed by atoms with E-state index in [1.54, 1.807) is 26.8 Å². The standard InChI is InChI=1S/C20H23N3O6/c1-20(2,3)23-16(25)12-6-5-11(9-13(12)17(23)26)21-15-14(19(28)29-4)10-22(7-8-24)18(15)27/h5-6,9,21,24H,7-8,10H2,1-4H3. The Hall–Kier alpha value is -3.20. The summed E-state index contributed by atoms with van der Waals surface area (Å²) in [4.78, 5) is 52.6. The second kappa shape index (κ2) is 7.32. The number of nitrogens with zero attached hydrogens (tertiary/aromatic N) is 2. The van der Waals surface area contributed by atoms with Gasteiger partial charge in [0.25, 0.3) is 17.7 Å². The number of esters is 1.